The first-order chi connectivity index (χ1) is 8.66. The van der Waals surface area contributed by atoms with Gasteiger partial charge in [0.1, 0.15) is 11.4 Å². The highest BCUT2D eigenvalue weighted by Gasteiger charge is 2.18. The lowest BCUT2D eigenvalue weighted by Gasteiger charge is -2.18. The summed E-state index contributed by atoms with van der Waals surface area (Å²) >= 11 is 0. The van der Waals surface area contributed by atoms with Crippen molar-refractivity contribution in [3.05, 3.63) is 23.9 Å². The highest BCUT2D eigenvalue weighted by Crippen LogP contribution is 2.25. The first-order valence-electron chi connectivity index (χ1n) is 6.61. The second-order valence-corrected chi connectivity index (χ2v) is 5.16. The standard InChI is InChI=1S/C14H20N2O2/c1-10-4-2-5-11(8-7-10)16-13-12(14(17)18)6-3-9-15-13/h3,6,9-11H,2,4-5,7-8H2,1H3,(H,15,16)(H,17,18). The van der Waals surface area contributed by atoms with Gasteiger partial charge >= 0.3 is 5.97 Å². The summed E-state index contributed by atoms with van der Waals surface area (Å²) in [5.41, 5.74) is 0.259. The molecule has 2 atom stereocenters. The fourth-order valence-electron chi connectivity index (χ4n) is 2.52. The molecule has 98 valence electrons. The number of carboxylic acid groups (broad SMARTS) is 1. The summed E-state index contributed by atoms with van der Waals surface area (Å²) in [5, 5.41) is 12.4. The van der Waals surface area contributed by atoms with E-state index in [1.165, 1.54) is 19.3 Å². The van der Waals surface area contributed by atoms with E-state index < -0.39 is 5.97 Å². The fourth-order valence-corrected chi connectivity index (χ4v) is 2.52. The van der Waals surface area contributed by atoms with E-state index in [1.807, 2.05) is 0 Å². The van der Waals surface area contributed by atoms with Gasteiger partial charge < -0.3 is 10.4 Å². The van der Waals surface area contributed by atoms with Crippen molar-refractivity contribution in [2.24, 2.45) is 5.92 Å². The fraction of sp³-hybridized carbons (Fsp3) is 0.571. The molecule has 0 spiro atoms. The second-order valence-electron chi connectivity index (χ2n) is 5.16. The Morgan fingerprint density at radius 2 is 2.22 bits per heavy atom. The highest BCUT2D eigenvalue weighted by atomic mass is 16.4. The number of nitrogens with one attached hydrogen (secondary N) is 1. The SMILES string of the molecule is CC1CCCC(Nc2ncccc2C(=O)O)CC1. The van der Waals surface area contributed by atoms with Crippen LogP contribution in [-0.2, 0) is 0 Å². The lowest BCUT2D eigenvalue weighted by atomic mass is 10.0. The quantitative estimate of drug-likeness (QED) is 0.806. The highest BCUT2D eigenvalue weighted by molar-refractivity contribution is 5.93. The molecule has 0 aliphatic heterocycles. The average molecular weight is 248 g/mol. The van der Waals surface area contributed by atoms with Gasteiger partial charge in [-0.25, -0.2) is 9.78 Å². The number of hydrogen-bond acceptors (Lipinski definition) is 3. The van der Waals surface area contributed by atoms with Crippen molar-refractivity contribution in [1.82, 2.24) is 4.98 Å². The van der Waals surface area contributed by atoms with Crippen LogP contribution in [0.5, 0.6) is 0 Å². The molecule has 1 fully saturated rings. The van der Waals surface area contributed by atoms with E-state index in [0.717, 1.165) is 18.8 Å². The molecule has 0 saturated heterocycles. The Bertz CT molecular complexity index is 420. The summed E-state index contributed by atoms with van der Waals surface area (Å²) in [4.78, 5) is 15.3. The summed E-state index contributed by atoms with van der Waals surface area (Å²) in [5.74, 6) is 0.358. The molecule has 0 radical (unpaired) electrons. The molecule has 0 amide bonds. The molecule has 1 aromatic heterocycles. The Morgan fingerprint density at radius 1 is 1.39 bits per heavy atom. The minimum Gasteiger partial charge on any atom is -0.478 e. The molecule has 0 bridgehead atoms. The predicted octanol–water partition coefficient (Wildman–Crippen LogP) is 3.16. The van der Waals surface area contributed by atoms with E-state index in [0.29, 0.717) is 11.9 Å². The van der Waals surface area contributed by atoms with Crippen LogP contribution < -0.4 is 5.32 Å². The smallest absolute Gasteiger partial charge is 0.339 e. The molecule has 18 heavy (non-hydrogen) atoms. The van der Waals surface area contributed by atoms with Gasteiger partial charge in [-0.3, -0.25) is 0 Å². The summed E-state index contributed by atoms with van der Waals surface area (Å²) < 4.78 is 0. The topological polar surface area (TPSA) is 62.2 Å². The molecule has 1 saturated carbocycles. The molecule has 1 aliphatic carbocycles. The van der Waals surface area contributed by atoms with Gasteiger partial charge in [-0.15, -0.1) is 0 Å². The first kappa shape index (κ1) is 12.9. The van der Waals surface area contributed by atoms with Crippen LogP contribution in [0.1, 0.15) is 49.4 Å². The third-order valence-electron chi connectivity index (χ3n) is 3.64. The van der Waals surface area contributed by atoms with Crippen molar-refractivity contribution in [1.29, 1.82) is 0 Å². The van der Waals surface area contributed by atoms with Gasteiger partial charge in [0.25, 0.3) is 0 Å². The van der Waals surface area contributed by atoms with Crippen LogP contribution in [0.25, 0.3) is 0 Å². The Hall–Kier alpha value is -1.58. The van der Waals surface area contributed by atoms with Crippen molar-refractivity contribution in [2.45, 2.75) is 45.1 Å². The van der Waals surface area contributed by atoms with Gasteiger partial charge in [0.2, 0.25) is 0 Å². The molecule has 4 nitrogen and oxygen atoms in total. The lowest BCUT2D eigenvalue weighted by Crippen LogP contribution is -2.21. The minimum atomic E-state index is -0.924. The molecule has 2 unspecified atom stereocenters. The Kier molecular flexibility index (Phi) is 4.18. The molecule has 1 aromatic rings. The number of aromatic nitrogens is 1. The summed E-state index contributed by atoms with van der Waals surface area (Å²) in [6.07, 6.45) is 7.50. The molecule has 1 aliphatic rings. The summed E-state index contributed by atoms with van der Waals surface area (Å²) in [6.45, 7) is 2.28. The first-order valence-corrected chi connectivity index (χ1v) is 6.61. The maximum absolute atomic E-state index is 11.1. The number of nitrogens with zero attached hydrogens (tertiary/aromatic N) is 1. The maximum Gasteiger partial charge on any atom is 0.339 e. The summed E-state index contributed by atoms with van der Waals surface area (Å²) in [7, 11) is 0. The Balaban J connectivity index is 2.06. The van der Waals surface area contributed by atoms with Gasteiger partial charge in [0.05, 0.1) is 0 Å². The van der Waals surface area contributed by atoms with Gasteiger partial charge in [-0.2, -0.15) is 0 Å². The number of carbonyl (C=O) groups is 1. The molecule has 0 aromatic carbocycles. The number of aromatic carboxylic acids is 1. The monoisotopic (exact) mass is 248 g/mol. The normalized spacial score (nSPS) is 24.3. The zero-order valence-electron chi connectivity index (χ0n) is 10.7. The van der Waals surface area contributed by atoms with Crippen LogP contribution in [0.4, 0.5) is 5.82 Å². The zero-order valence-corrected chi connectivity index (χ0v) is 10.7. The summed E-state index contributed by atoms with van der Waals surface area (Å²) in [6, 6.07) is 3.60. The van der Waals surface area contributed by atoms with Gasteiger partial charge in [0, 0.05) is 12.2 Å². The minimum absolute atomic E-state index is 0.259. The Morgan fingerprint density at radius 3 is 3.00 bits per heavy atom. The molecular weight excluding hydrogens is 228 g/mol. The zero-order chi connectivity index (χ0) is 13.0. The maximum atomic E-state index is 11.1. The van der Waals surface area contributed by atoms with E-state index in [1.54, 1.807) is 18.3 Å². The third-order valence-corrected chi connectivity index (χ3v) is 3.64. The average Bonchev–Trinajstić information content (AvgIpc) is 2.55. The molecule has 4 heteroatoms. The van der Waals surface area contributed by atoms with Crippen molar-refractivity contribution >= 4 is 11.8 Å². The number of carboxylic acids is 1. The van der Waals surface area contributed by atoms with E-state index >= 15 is 0 Å². The van der Waals surface area contributed by atoms with Crippen molar-refractivity contribution in [2.75, 3.05) is 5.32 Å². The van der Waals surface area contributed by atoms with Gasteiger partial charge in [0.15, 0.2) is 0 Å². The van der Waals surface area contributed by atoms with Crippen LogP contribution in [-0.4, -0.2) is 22.1 Å². The lowest BCUT2D eigenvalue weighted by molar-refractivity contribution is 0.0697. The molecule has 2 N–H and O–H groups in total. The van der Waals surface area contributed by atoms with Crippen molar-refractivity contribution in [3.63, 3.8) is 0 Å². The number of anilines is 1. The van der Waals surface area contributed by atoms with Gasteiger partial charge in [-0.05, 0) is 37.3 Å². The second kappa shape index (κ2) is 5.85. The van der Waals surface area contributed by atoms with Crippen LogP contribution >= 0.6 is 0 Å². The van der Waals surface area contributed by atoms with E-state index in [9.17, 15) is 4.79 Å². The molecular formula is C14H20N2O2. The predicted molar refractivity (Wildman–Crippen MR) is 70.9 cm³/mol. The van der Waals surface area contributed by atoms with E-state index in [-0.39, 0.29) is 5.56 Å². The molecule has 2 rings (SSSR count). The van der Waals surface area contributed by atoms with Crippen LogP contribution in [0.3, 0.4) is 0 Å². The third kappa shape index (κ3) is 3.22. The number of pyridine rings is 1. The van der Waals surface area contributed by atoms with E-state index in [2.05, 4.69) is 17.2 Å². The van der Waals surface area contributed by atoms with Crippen LogP contribution in [0, 0.1) is 5.92 Å². The van der Waals surface area contributed by atoms with E-state index in [4.69, 9.17) is 5.11 Å². The van der Waals surface area contributed by atoms with Crippen LogP contribution in [0.2, 0.25) is 0 Å². The van der Waals surface area contributed by atoms with Crippen molar-refractivity contribution < 1.29 is 9.90 Å². The molecule has 1 heterocycles. The number of rotatable bonds is 3. The van der Waals surface area contributed by atoms with Crippen LogP contribution in [0.15, 0.2) is 18.3 Å². The van der Waals surface area contributed by atoms with Crippen molar-refractivity contribution in [3.8, 4) is 0 Å². The largest absolute Gasteiger partial charge is 0.478 e. The van der Waals surface area contributed by atoms with Gasteiger partial charge in [-0.1, -0.05) is 19.8 Å². The number of hydrogen-bond donors (Lipinski definition) is 2. The Labute approximate surface area is 107 Å².